The Morgan fingerprint density at radius 3 is 2.48 bits per heavy atom. The van der Waals surface area contributed by atoms with E-state index in [9.17, 15) is 19.8 Å². The number of ketones is 1. The van der Waals surface area contributed by atoms with Crippen LogP contribution >= 0.6 is 0 Å². The van der Waals surface area contributed by atoms with Crippen molar-refractivity contribution in [2.24, 2.45) is 40.4 Å². The first kappa shape index (κ1) is 22.7. The van der Waals surface area contributed by atoms with Gasteiger partial charge in [0, 0.05) is 12.4 Å². The molecule has 0 heterocycles. The molecule has 0 aromatic rings. The zero-order valence-electron chi connectivity index (χ0n) is 18.2. The van der Waals surface area contributed by atoms with Crippen molar-refractivity contribution in [3.05, 3.63) is 11.6 Å². The normalized spacial score (nSPS) is 50.1. The zero-order chi connectivity index (χ0) is 19.9. The van der Waals surface area contributed by atoms with Crippen molar-refractivity contribution in [1.82, 2.24) is 0 Å². The number of carbonyl (C=O) groups is 2. The summed E-state index contributed by atoms with van der Waals surface area (Å²) in [5.74, 6) is 1.75. The van der Waals surface area contributed by atoms with E-state index in [4.69, 9.17) is 0 Å². The van der Waals surface area contributed by atoms with E-state index in [2.05, 4.69) is 13.8 Å². The minimum Gasteiger partial charge on any atom is -0.550 e. The monoisotopic (exact) mass is 424 g/mol. The van der Waals surface area contributed by atoms with Crippen molar-refractivity contribution in [1.29, 1.82) is 0 Å². The van der Waals surface area contributed by atoms with E-state index in [1.165, 1.54) is 12.0 Å². The van der Waals surface area contributed by atoms with Gasteiger partial charge in [0.15, 0.2) is 5.78 Å². The Morgan fingerprint density at radius 2 is 1.83 bits per heavy atom. The van der Waals surface area contributed by atoms with Crippen LogP contribution in [0.25, 0.3) is 0 Å². The molecule has 4 fully saturated rings. The van der Waals surface area contributed by atoms with E-state index in [1.54, 1.807) is 0 Å². The van der Waals surface area contributed by atoms with Crippen molar-refractivity contribution < 1.29 is 71.2 Å². The average Bonchev–Trinajstić information content (AvgIpc) is 2.74. The molecule has 8 atom stereocenters. The quantitative estimate of drug-likeness (QED) is 0.649. The molecule has 3 unspecified atom stereocenters. The molecule has 0 radical (unpaired) electrons. The van der Waals surface area contributed by atoms with Gasteiger partial charge in [-0.2, -0.15) is 0 Å². The number of carbonyl (C=O) groups excluding carboxylic acids is 2. The molecule has 0 aliphatic heterocycles. The summed E-state index contributed by atoms with van der Waals surface area (Å²) < 4.78 is 0. The maximum atomic E-state index is 12.0. The Labute approximate surface area is 216 Å². The predicted molar refractivity (Wildman–Crippen MR) is 103 cm³/mol. The Bertz CT molecular complexity index is 762. The standard InChI is InChI=1S/C24H34O4.K/c1-22-10-7-15(25)13-14(22)3-4-16-18(22)8-11-23(2)21(16)17-5-6-19(17)24(23,28)12-9-20(26)27;/h13,16-19,21,28H,3-12H2,1-2H3,(H,26,27);/q;+1/p-1/t16?,17-,18?,19+,21?,22+,23+,24+;/m1./s1. The average molecular weight is 425 g/mol. The number of hydrogen-bond acceptors (Lipinski definition) is 4. The number of allylic oxidation sites excluding steroid dienone is 1. The SMILES string of the molecule is C[C@]12CCC(=O)C=C1CCC1C2CC[C@@]2(C)C1[C@@H]1CC[C@@H]1[C@@]2(O)CCC(=O)[O-].[K+]. The maximum Gasteiger partial charge on any atom is 1.00 e. The van der Waals surface area contributed by atoms with Gasteiger partial charge in [0.05, 0.1) is 5.60 Å². The van der Waals surface area contributed by atoms with Gasteiger partial charge in [0.2, 0.25) is 0 Å². The molecule has 5 heteroatoms. The van der Waals surface area contributed by atoms with Crippen molar-refractivity contribution in [3.63, 3.8) is 0 Å². The maximum absolute atomic E-state index is 12.0. The van der Waals surface area contributed by atoms with Crippen LogP contribution in [0.4, 0.5) is 0 Å². The summed E-state index contributed by atoms with van der Waals surface area (Å²) in [6, 6.07) is 0. The summed E-state index contributed by atoms with van der Waals surface area (Å²) in [5, 5.41) is 23.0. The van der Waals surface area contributed by atoms with Gasteiger partial charge >= 0.3 is 51.4 Å². The number of aliphatic hydroxyl groups is 1. The molecular weight excluding hydrogens is 391 g/mol. The molecule has 0 saturated heterocycles. The van der Waals surface area contributed by atoms with Crippen LogP contribution in [0.2, 0.25) is 0 Å². The molecule has 5 rings (SSSR count). The van der Waals surface area contributed by atoms with E-state index >= 15 is 0 Å². The third-order valence-corrected chi connectivity index (χ3v) is 10.3. The first-order valence-corrected chi connectivity index (χ1v) is 11.4. The second-order valence-electron chi connectivity index (χ2n) is 11.0. The van der Waals surface area contributed by atoms with E-state index in [0.29, 0.717) is 42.3 Å². The fraction of sp³-hybridized carbons (Fsp3) is 0.833. The van der Waals surface area contributed by atoms with Crippen molar-refractivity contribution >= 4 is 11.8 Å². The third-order valence-electron chi connectivity index (χ3n) is 10.3. The molecular formula is C24H33KO4. The van der Waals surface area contributed by atoms with E-state index in [-0.39, 0.29) is 74.6 Å². The molecule has 4 saturated carbocycles. The van der Waals surface area contributed by atoms with Gasteiger partial charge in [-0.15, -0.1) is 0 Å². The molecule has 0 aromatic heterocycles. The number of aliphatic carboxylic acids is 1. The summed E-state index contributed by atoms with van der Waals surface area (Å²) in [6.07, 6.45) is 10.3. The number of carboxylic acids is 1. The molecule has 0 spiro atoms. The van der Waals surface area contributed by atoms with Crippen LogP contribution in [-0.4, -0.2) is 22.5 Å². The smallest absolute Gasteiger partial charge is 0.550 e. The Kier molecular flexibility index (Phi) is 5.87. The first-order valence-electron chi connectivity index (χ1n) is 11.4. The second kappa shape index (κ2) is 7.52. The molecule has 4 nitrogen and oxygen atoms in total. The zero-order valence-corrected chi connectivity index (χ0v) is 21.3. The van der Waals surface area contributed by atoms with Gasteiger partial charge in [0.25, 0.3) is 0 Å². The second-order valence-corrected chi connectivity index (χ2v) is 11.0. The van der Waals surface area contributed by atoms with Gasteiger partial charge < -0.3 is 15.0 Å². The summed E-state index contributed by atoms with van der Waals surface area (Å²) in [7, 11) is 0. The summed E-state index contributed by atoms with van der Waals surface area (Å²) in [5.41, 5.74) is 0.482. The van der Waals surface area contributed by atoms with Gasteiger partial charge in [-0.25, -0.2) is 0 Å². The Morgan fingerprint density at radius 1 is 1.10 bits per heavy atom. The van der Waals surface area contributed by atoms with Crippen LogP contribution in [0, 0.1) is 40.4 Å². The molecule has 154 valence electrons. The molecule has 5 aliphatic carbocycles. The predicted octanol–water partition coefficient (Wildman–Crippen LogP) is 0.0295. The van der Waals surface area contributed by atoms with Crippen LogP contribution in [0.3, 0.4) is 0 Å². The first-order chi connectivity index (χ1) is 13.2. The summed E-state index contributed by atoms with van der Waals surface area (Å²) >= 11 is 0. The fourth-order valence-electron chi connectivity index (χ4n) is 8.84. The molecule has 5 aliphatic rings. The topological polar surface area (TPSA) is 77.4 Å². The van der Waals surface area contributed by atoms with Crippen LogP contribution in [0.5, 0.6) is 0 Å². The van der Waals surface area contributed by atoms with Crippen molar-refractivity contribution in [2.75, 3.05) is 0 Å². The molecule has 0 amide bonds. The van der Waals surface area contributed by atoms with Crippen molar-refractivity contribution in [2.45, 2.75) is 83.7 Å². The fourth-order valence-corrected chi connectivity index (χ4v) is 8.84. The number of carboxylic acid groups (broad SMARTS) is 1. The molecule has 0 bridgehead atoms. The number of hydrogen-bond donors (Lipinski definition) is 1. The van der Waals surface area contributed by atoms with Gasteiger partial charge in [-0.1, -0.05) is 19.4 Å². The summed E-state index contributed by atoms with van der Waals surface area (Å²) in [6.45, 7) is 4.65. The van der Waals surface area contributed by atoms with E-state index < -0.39 is 11.6 Å². The van der Waals surface area contributed by atoms with Gasteiger partial charge in [-0.3, -0.25) is 4.79 Å². The molecule has 1 N–H and O–H groups in total. The minimum absolute atomic E-state index is 0. The third kappa shape index (κ3) is 3.01. The van der Waals surface area contributed by atoms with Crippen LogP contribution < -0.4 is 56.5 Å². The van der Waals surface area contributed by atoms with Crippen LogP contribution in [0.1, 0.15) is 78.1 Å². The van der Waals surface area contributed by atoms with Crippen LogP contribution in [0.15, 0.2) is 11.6 Å². The molecule has 0 aromatic carbocycles. The largest absolute Gasteiger partial charge is 1.00 e. The van der Waals surface area contributed by atoms with E-state index in [1.807, 2.05) is 6.08 Å². The number of rotatable bonds is 3. The molecule has 29 heavy (non-hydrogen) atoms. The minimum atomic E-state index is -1.04. The van der Waals surface area contributed by atoms with E-state index in [0.717, 1.165) is 38.5 Å². The van der Waals surface area contributed by atoms with Crippen molar-refractivity contribution in [3.8, 4) is 0 Å². The Hall–Kier alpha value is 0.476. The number of fused-ring (bicyclic) bond motifs is 7. The summed E-state index contributed by atoms with van der Waals surface area (Å²) in [4.78, 5) is 23.2. The van der Waals surface area contributed by atoms with Gasteiger partial charge in [-0.05, 0) is 104 Å². The van der Waals surface area contributed by atoms with Crippen LogP contribution in [-0.2, 0) is 9.59 Å². The Balaban J connectivity index is 0.00000205. The van der Waals surface area contributed by atoms with Gasteiger partial charge in [0.1, 0.15) is 0 Å².